The lowest BCUT2D eigenvalue weighted by Crippen LogP contribution is -2.31. The molecule has 1 rings (SSSR count). The summed E-state index contributed by atoms with van der Waals surface area (Å²) < 4.78 is 0. The molecule has 0 aliphatic heterocycles. The van der Waals surface area contributed by atoms with Gasteiger partial charge in [-0.1, -0.05) is 13.8 Å². The Balaban J connectivity index is 2.04. The lowest BCUT2D eigenvalue weighted by molar-refractivity contribution is 0.302. The van der Waals surface area contributed by atoms with Gasteiger partial charge in [0.2, 0.25) is 0 Å². The largest absolute Gasteiger partial charge is 0.311 e. The number of aromatic nitrogens is 2. The van der Waals surface area contributed by atoms with Crippen LogP contribution in [-0.4, -0.2) is 41.3 Å². The van der Waals surface area contributed by atoms with Gasteiger partial charge in [0, 0.05) is 31.4 Å². The first-order valence-electron chi connectivity index (χ1n) is 5.27. The van der Waals surface area contributed by atoms with Gasteiger partial charge in [0.1, 0.15) is 0 Å². The predicted octanol–water partition coefficient (Wildman–Crippen LogP) is 0.841. The summed E-state index contributed by atoms with van der Waals surface area (Å²) in [5.74, 6) is 0. The molecule has 0 amide bonds. The third-order valence-corrected chi connectivity index (χ3v) is 2.38. The highest BCUT2D eigenvalue weighted by molar-refractivity contribution is 5.01. The summed E-state index contributed by atoms with van der Waals surface area (Å²) in [6, 6.07) is 0. The van der Waals surface area contributed by atoms with Gasteiger partial charge in [0.15, 0.2) is 0 Å². The molecular formula is C10H20N4. The van der Waals surface area contributed by atoms with Gasteiger partial charge in [-0.2, -0.15) is 5.10 Å². The molecule has 1 heterocycles. The van der Waals surface area contributed by atoms with Crippen LogP contribution >= 0.6 is 0 Å². The zero-order valence-electron chi connectivity index (χ0n) is 9.08. The van der Waals surface area contributed by atoms with Crippen LogP contribution in [0.4, 0.5) is 0 Å². The van der Waals surface area contributed by atoms with Gasteiger partial charge < -0.3 is 10.2 Å². The molecule has 1 aromatic rings. The lowest BCUT2D eigenvalue weighted by Gasteiger charge is -2.17. The van der Waals surface area contributed by atoms with Crippen molar-refractivity contribution < 1.29 is 0 Å². The summed E-state index contributed by atoms with van der Waals surface area (Å²) in [5.41, 5.74) is 1.21. The standard InChI is InChI=1S/C10H20N4/c1-3-14(4-2)6-5-11-7-10-8-12-13-9-10/h8-9,11H,3-7H2,1-2H3,(H,12,13). The zero-order chi connectivity index (χ0) is 10.2. The first-order valence-corrected chi connectivity index (χ1v) is 5.27. The second-order valence-corrected chi connectivity index (χ2v) is 3.31. The molecule has 4 nitrogen and oxygen atoms in total. The van der Waals surface area contributed by atoms with Crippen molar-refractivity contribution in [1.29, 1.82) is 0 Å². The monoisotopic (exact) mass is 196 g/mol. The molecular weight excluding hydrogens is 176 g/mol. The minimum atomic E-state index is 0.901. The number of aromatic amines is 1. The number of hydrogen-bond acceptors (Lipinski definition) is 3. The first kappa shape index (κ1) is 11.2. The minimum Gasteiger partial charge on any atom is -0.311 e. The third-order valence-electron chi connectivity index (χ3n) is 2.38. The minimum absolute atomic E-state index is 0.901. The van der Waals surface area contributed by atoms with Crippen molar-refractivity contribution in [3.63, 3.8) is 0 Å². The highest BCUT2D eigenvalue weighted by Crippen LogP contribution is 1.91. The molecule has 0 bridgehead atoms. The summed E-state index contributed by atoms with van der Waals surface area (Å²) in [5, 5.41) is 10.1. The average Bonchev–Trinajstić information content (AvgIpc) is 2.71. The molecule has 4 heteroatoms. The van der Waals surface area contributed by atoms with Gasteiger partial charge in [-0.05, 0) is 13.1 Å². The maximum atomic E-state index is 3.89. The molecule has 80 valence electrons. The van der Waals surface area contributed by atoms with Gasteiger partial charge in [-0.15, -0.1) is 0 Å². The predicted molar refractivity (Wildman–Crippen MR) is 58.1 cm³/mol. The van der Waals surface area contributed by atoms with Crippen molar-refractivity contribution in [2.75, 3.05) is 26.2 Å². The molecule has 0 radical (unpaired) electrons. The van der Waals surface area contributed by atoms with E-state index in [2.05, 4.69) is 34.3 Å². The van der Waals surface area contributed by atoms with Crippen LogP contribution in [0.5, 0.6) is 0 Å². The van der Waals surface area contributed by atoms with Crippen LogP contribution in [0.25, 0.3) is 0 Å². The molecule has 14 heavy (non-hydrogen) atoms. The molecule has 0 spiro atoms. The molecule has 0 aliphatic rings. The molecule has 0 aromatic carbocycles. The molecule has 1 aromatic heterocycles. The van der Waals surface area contributed by atoms with E-state index in [0.29, 0.717) is 0 Å². The van der Waals surface area contributed by atoms with Crippen LogP contribution < -0.4 is 5.32 Å². The van der Waals surface area contributed by atoms with Crippen molar-refractivity contribution in [2.45, 2.75) is 20.4 Å². The number of likely N-dealkylation sites (N-methyl/N-ethyl adjacent to an activating group) is 1. The summed E-state index contributed by atoms with van der Waals surface area (Å²) in [6.45, 7) is 9.70. The van der Waals surface area contributed by atoms with E-state index in [1.54, 1.807) is 0 Å². The smallest absolute Gasteiger partial charge is 0.0532 e. The third kappa shape index (κ3) is 3.89. The lowest BCUT2D eigenvalue weighted by atomic mass is 10.3. The second-order valence-electron chi connectivity index (χ2n) is 3.31. The van der Waals surface area contributed by atoms with Gasteiger partial charge in [0.05, 0.1) is 6.20 Å². The van der Waals surface area contributed by atoms with Crippen LogP contribution in [0.15, 0.2) is 12.4 Å². The zero-order valence-corrected chi connectivity index (χ0v) is 9.08. The van der Waals surface area contributed by atoms with Gasteiger partial charge >= 0.3 is 0 Å². The van der Waals surface area contributed by atoms with E-state index < -0.39 is 0 Å². The Morgan fingerprint density at radius 3 is 2.79 bits per heavy atom. The van der Waals surface area contributed by atoms with E-state index in [-0.39, 0.29) is 0 Å². The van der Waals surface area contributed by atoms with Crippen molar-refractivity contribution in [3.05, 3.63) is 18.0 Å². The van der Waals surface area contributed by atoms with E-state index in [1.165, 1.54) is 5.56 Å². The normalized spacial score (nSPS) is 11.1. The number of hydrogen-bond donors (Lipinski definition) is 2. The van der Waals surface area contributed by atoms with Crippen LogP contribution in [0.2, 0.25) is 0 Å². The van der Waals surface area contributed by atoms with Crippen molar-refractivity contribution in [2.24, 2.45) is 0 Å². The molecule has 0 atom stereocenters. The fourth-order valence-electron chi connectivity index (χ4n) is 1.38. The molecule has 0 saturated carbocycles. The maximum absolute atomic E-state index is 3.89. The van der Waals surface area contributed by atoms with Crippen molar-refractivity contribution in [1.82, 2.24) is 20.4 Å². The van der Waals surface area contributed by atoms with Gasteiger partial charge in [-0.25, -0.2) is 0 Å². The Morgan fingerprint density at radius 1 is 1.43 bits per heavy atom. The van der Waals surface area contributed by atoms with E-state index in [4.69, 9.17) is 0 Å². The molecule has 0 saturated heterocycles. The fraction of sp³-hybridized carbons (Fsp3) is 0.700. The van der Waals surface area contributed by atoms with Gasteiger partial charge in [-0.3, -0.25) is 5.10 Å². The van der Waals surface area contributed by atoms with Crippen molar-refractivity contribution >= 4 is 0 Å². The number of nitrogens with zero attached hydrogens (tertiary/aromatic N) is 2. The van der Waals surface area contributed by atoms with Gasteiger partial charge in [0.25, 0.3) is 0 Å². The van der Waals surface area contributed by atoms with Crippen molar-refractivity contribution in [3.8, 4) is 0 Å². The topological polar surface area (TPSA) is 44.0 Å². The Labute approximate surface area is 85.7 Å². The molecule has 0 unspecified atom stereocenters. The fourth-order valence-corrected chi connectivity index (χ4v) is 1.38. The highest BCUT2D eigenvalue weighted by Gasteiger charge is 1.97. The highest BCUT2D eigenvalue weighted by atomic mass is 15.1. The quantitative estimate of drug-likeness (QED) is 0.635. The maximum Gasteiger partial charge on any atom is 0.0532 e. The number of nitrogens with one attached hydrogen (secondary N) is 2. The summed E-state index contributed by atoms with van der Waals surface area (Å²) in [6.07, 6.45) is 3.77. The Bertz CT molecular complexity index is 216. The summed E-state index contributed by atoms with van der Waals surface area (Å²) in [4.78, 5) is 2.41. The Kier molecular flexibility index (Phi) is 5.25. The molecule has 2 N–H and O–H groups in total. The average molecular weight is 196 g/mol. The van der Waals surface area contributed by atoms with E-state index in [9.17, 15) is 0 Å². The molecule has 0 fully saturated rings. The summed E-state index contributed by atoms with van der Waals surface area (Å²) in [7, 11) is 0. The second kappa shape index (κ2) is 6.56. The molecule has 0 aliphatic carbocycles. The summed E-state index contributed by atoms with van der Waals surface area (Å²) >= 11 is 0. The van der Waals surface area contributed by atoms with E-state index in [0.717, 1.165) is 32.7 Å². The van der Waals surface area contributed by atoms with E-state index in [1.807, 2.05) is 12.4 Å². The van der Waals surface area contributed by atoms with Crippen LogP contribution in [0.1, 0.15) is 19.4 Å². The number of rotatable bonds is 7. The van der Waals surface area contributed by atoms with Crippen LogP contribution in [0.3, 0.4) is 0 Å². The number of H-pyrrole nitrogens is 1. The Hall–Kier alpha value is -0.870. The Morgan fingerprint density at radius 2 is 2.21 bits per heavy atom. The first-order chi connectivity index (χ1) is 6.86. The van der Waals surface area contributed by atoms with Crippen LogP contribution in [0, 0.1) is 0 Å². The van der Waals surface area contributed by atoms with Crippen LogP contribution in [-0.2, 0) is 6.54 Å². The SMILES string of the molecule is CCN(CC)CCNCc1cn[nH]c1. The van der Waals surface area contributed by atoms with E-state index >= 15 is 0 Å².